The largest absolute Gasteiger partial charge is 0.444 e. The van der Waals surface area contributed by atoms with Crippen molar-refractivity contribution < 1.29 is 28.7 Å². The number of amides is 4. The third-order valence-corrected chi connectivity index (χ3v) is 5.09. The van der Waals surface area contributed by atoms with Crippen molar-refractivity contribution in [3.8, 4) is 0 Å². The van der Waals surface area contributed by atoms with Gasteiger partial charge in [0.2, 0.25) is 11.7 Å². The molecule has 0 radical (unpaired) electrons. The highest BCUT2D eigenvalue weighted by atomic mass is 35.5. The molecule has 0 bridgehead atoms. The van der Waals surface area contributed by atoms with Crippen LogP contribution in [0.5, 0.6) is 0 Å². The highest BCUT2D eigenvalue weighted by molar-refractivity contribution is 6.38. The average Bonchev–Trinajstić information content (AvgIpc) is 3.02. The standard InChI is InChI=1S/C22H29ClN4O6/c1-11-8-12(18(29)25-11)9-16(17(28)20(31)24-5)26-19(30)14-10-13(23)6-7-15(14)27-21(32)33-22(2,3)4/h6-7,10-12,16H,8-9H2,1-5H3,(H,24,31)(H,25,29)(H,26,30)(H,27,32)/t11-,12+,16+/m1/s1. The van der Waals surface area contributed by atoms with Crippen LogP contribution < -0.4 is 21.3 Å². The van der Waals surface area contributed by atoms with E-state index in [0.717, 1.165) is 0 Å². The maximum absolute atomic E-state index is 13.1. The van der Waals surface area contributed by atoms with Crippen molar-refractivity contribution in [1.29, 1.82) is 0 Å². The number of carbonyl (C=O) groups is 5. The van der Waals surface area contributed by atoms with Gasteiger partial charge >= 0.3 is 6.09 Å². The zero-order valence-electron chi connectivity index (χ0n) is 19.2. The third kappa shape index (κ3) is 7.45. The lowest BCUT2D eigenvalue weighted by Crippen LogP contribution is -2.48. The average molecular weight is 481 g/mol. The Kier molecular flexibility index (Phi) is 8.43. The Bertz CT molecular complexity index is 959. The number of likely N-dealkylation sites (N-methyl/N-ethyl adjacent to an activating group) is 1. The molecule has 0 aromatic heterocycles. The van der Waals surface area contributed by atoms with Crippen molar-refractivity contribution in [3.63, 3.8) is 0 Å². The van der Waals surface area contributed by atoms with E-state index in [9.17, 15) is 24.0 Å². The molecule has 180 valence electrons. The van der Waals surface area contributed by atoms with E-state index in [1.807, 2.05) is 6.92 Å². The van der Waals surface area contributed by atoms with Crippen molar-refractivity contribution in [2.75, 3.05) is 12.4 Å². The van der Waals surface area contributed by atoms with Crippen LogP contribution in [-0.2, 0) is 19.1 Å². The zero-order chi connectivity index (χ0) is 24.9. The number of carbonyl (C=O) groups excluding carboxylic acids is 5. The summed E-state index contributed by atoms with van der Waals surface area (Å²) in [5.74, 6) is -3.33. The summed E-state index contributed by atoms with van der Waals surface area (Å²) in [7, 11) is 1.29. The number of halogens is 1. The van der Waals surface area contributed by atoms with Crippen LogP contribution in [0, 0.1) is 5.92 Å². The second-order valence-electron chi connectivity index (χ2n) is 8.86. The predicted molar refractivity (Wildman–Crippen MR) is 122 cm³/mol. The van der Waals surface area contributed by atoms with Gasteiger partial charge in [0.1, 0.15) is 5.60 Å². The molecule has 1 aromatic rings. The highest BCUT2D eigenvalue weighted by Crippen LogP contribution is 2.24. The number of benzene rings is 1. The molecule has 10 nitrogen and oxygen atoms in total. The molecular weight excluding hydrogens is 452 g/mol. The molecule has 2 rings (SSSR count). The van der Waals surface area contributed by atoms with E-state index in [2.05, 4.69) is 21.3 Å². The highest BCUT2D eigenvalue weighted by Gasteiger charge is 2.36. The number of Topliss-reactive ketones (excluding diaryl/α,β-unsaturated/α-hetero) is 1. The normalized spacial score (nSPS) is 18.7. The third-order valence-electron chi connectivity index (χ3n) is 4.85. The lowest BCUT2D eigenvalue weighted by Gasteiger charge is -2.22. The van der Waals surface area contributed by atoms with E-state index in [-0.39, 0.29) is 34.6 Å². The summed E-state index contributed by atoms with van der Waals surface area (Å²) in [6.07, 6.45) is -0.369. The number of hydrogen-bond donors (Lipinski definition) is 4. The van der Waals surface area contributed by atoms with E-state index in [1.54, 1.807) is 20.8 Å². The van der Waals surface area contributed by atoms with Crippen molar-refractivity contribution in [2.45, 2.75) is 58.2 Å². The minimum absolute atomic E-state index is 0.0349. The van der Waals surface area contributed by atoms with Crippen LogP contribution >= 0.6 is 11.6 Å². The van der Waals surface area contributed by atoms with Crippen molar-refractivity contribution >= 4 is 46.9 Å². The molecule has 3 atom stereocenters. The van der Waals surface area contributed by atoms with Gasteiger partial charge in [-0.25, -0.2) is 4.79 Å². The Hall–Kier alpha value is -3.14. The summed E-state index contributed by atoms with van der Waals surface area (Å²) in [4.78, 5) is 62.0. The summed E-state index contributed by atoms with van der Waals surface area (Å²) in [5.41, 5.74) is -0.694. The topological polar surface area (TPSA) is 143 Å². The van der Waals surface area contributed by atoms with Crippen LogP contribution in [0.2, 0.25) is 5.02 Å². The molecule has 0 saturated carbocycles. The second kappa shape index (κ2) is 10.7. The Labute approximate surface area is 197 Å². The van der Waals surface area contributed by atoms with Gasteiger partial charge in [-0.1, -0.05) is 11.6 Å². The van der Waals surface area contributed by atoms with Crippen LogP contribution in [0.15, 0.2) is 18.2 Å². The van der Waals surface area contributed by atoms with Gasteiger partial charge in [-0.05, 0) is 58.7 Å². The first kappa shape index (κ1) is 26.1. The first-order chi connectivity index (χ1) is 15.3. The van der Waals surface area contributed by atoms with Gasteiger partial charge in [0, 0.05) is 24.0 Å². The molecular formula is C22H29ClN4O6. The van der Waals surface area contributed by atoms with Gasteiger partial charge < -0.3 is 20.7 Å². The fraction of sp³-hybridized carbons (Fsp3) is 0.500. The number of anilines is 1. The molecule has 1 aliphatic heterocycles. The SMILES string of the molecule is CNC(=O)C(=O)[C@H](C[C@@H]1C[C@@H](C)NC1=O)NC(=O)c1cc(Cl)ccc1NC(=O)OC(C)(C)C. The fourth-order valence-electron chi connectivity index (χ4n) is 3.42. The van der Waals surface area contributed by atoms with Crippen LogP contribution in [0.4, 0.5) is 10.5 Å². The minimum Gasteiger partial charge on any atom is -0.444 e. The van der Waals surface area contributed by atoms with E-state index >= 15 is 0 Å². The number of hydrogen-bond acceptors (Lipinski definition) is 6. The lowest BCUT2D eigenvalue weighted by atomic mass is 9.93. The Morgan fingerprint density at radius 1 is 1.24 bits per heavy atom. The maximum atomic E-state index is 13.1. The molecule has 1 fully saturated rings. The van der Waals surface area contributed by atoms with Gasteiger partial charge in [-0.2, -0.15) is 0 Å². The molecule has 0 aliphatic carbocycles. The summed E-state index contributed by atoms with van der Waals surface area (Å²) >= 11 is 6.04. The summed E-state index contributed by atoms with van der Waals surface area (Å²) in [6, 6.07) is 2.87. The fourth-order valence-corrected chi connectivity index (χ4v) is 3.59. The lowest BCUT2D eigenvalue weighted by molar-refractivity contribution is -0.139. The molecule has 4 amide bonds. The van der Waals surface area contributed by atoms with E-state index in [4.69, 9.17) is 16.3 Å². The van der Waals surface area contributed by atoms with Crippen molar-refractivity contribution in [1.82, 2.24) is 16.0 Å². The van der Waals surface area contributed by atoms with E-state index in [1.165, 1.54) is 25.2 Å². The quantitative estimate of drug-likeness (QED) is 0.440. The number of rotatable bonds is 7. The summed E-state index contributed by atoms with van der Waals surface area (Å²) in [5, 5.41) is 10.2. The molecule has 1 saturated heterocycles. The van der Waals surface area contributed by atoms with Crippen LogP contribution in [0.1, 0.15) is 50.9 Å². The second-order valence-corrected chi connectivity index (χ2v) is 9.30. The van der Waals surface area contributed by atoms with Crippen LogP contribution in [0.3, 0.4) is 0 Å². The molecule has 0 spiro atoms. The maximum Gasteiger partial charge on any atom is 0.412 e. The predicted octanol–water partition coefficient (Wildman–Crippen LogP) is 2.02. The molecule has 33 heavy (non-hydrogen) atoms. The van der Waals surface area contributed by atoms with Gasteiger partial charge in [0.05, 0.1) is 17.3 Å². The molecule has 1 heterocycles. The Balaban J connectivity index is 2.28. The molecule has 0 unspecified atom stereocenters. The Morgan fingerprint density at radius 2 is 1.91 bits per heavy atom. The number of ether oxygens (including phenoxy) is 1. The molecule has 1 aliphatic rings. The van der Waals surface area contributed by atoms with Gasteiger partial charge in [-0.15, -0.1) is 0 Å². The molecule has 1 aromatic carbocycles. The molecule has 4 N–H and O–H groups in total. The van der Waals surface area contributed by atoms with Gasteiger partial charge in [0.25, 0.3) is 11.8 Å². The molecule has 11 heteroatoms. The monoisotopic (exact) mass is 480 g/mol. The minimum atomic E-state index is -1.26. The summed E-state index contributed by atoms with van der Waals surface area (Å²) < 4.78 is 5.22. The first-order valence-corrected chi connectivity index (χ1v) is 10.8. The summed E-state index contributed by atoms with van der Waals surface area (Å²) in [6.45, 7) is 6.90. The zero-order valence-corrected chi connectivity index (χ0v) is 20.0. The number of ketones is 1. The smallest absolute Gasteiger partial charge is 0.412 e. The van der Waals surface area contributed by atoms with Gasteiger partial charge in [-0.3, -0.25) is 24.5 Å². The van der Waals surface area contributed by atoms with Crippen LogP contribution in [0.25, 0.3) is 0 Å². The number of nitrogens with one attached hydrogen (secondary N) is 4. The van der Waals surface area contributed by atoms with E-state index < -0.39 is 41.3 Å². The van der Waals surface area contributed by atoms with Crippen molar-refractivity contribution in [2.24, 2.45) is 5.92 Å². The van der Waals surface area contributed by atoms with Gasteiger partial charge in [0.15, 0.2) is 0 Å². The Morgan fingerprint density at radius 3 is 2.45 bits per heavy atom. The van der Waals surface area contributed by atoms with Crippen LogP contribution in [-0.4, -0.2) is 54.3 Å². The van der Waals surface area contributed by atoms with Crippen molar-refractivity contribution in [3.05, 3.63) is 28.8 Å². The first-order valence-electron chi connectivity index (χ1n) is 10.5. The van der Waals surface area contributed by atoms with E-state index in [0.29, 0.717) is 6.42 Å².